The van der Waals surface area contributed by atoms with E-state index < -0.39 is 0 Å². The van der Waals surface area contributed by atoms with E-state index in [1.54, 1.807) is 18.4 Å². The number of aromatic nitrogens is 1. The number of nitrogens with one attached hydrogen (secondary N) is 1. The SMILES string of the molecule is COc1cccc(CNC(C)c2cccs2)n1. The van der Waals surface area contributed by atoms with Crippen molar-refractivity contribution in [3.63, 3.8) is 0 Å². The summed E-state index contributed by atoms with van der Waals surface area (Å²) in [7, 11) is 1.63. The van der Waals surface area contributed by atoms with Crippen molar-refractivity contribution in [1.29, 1.82) is 0 Å². The fraction of sp³-hybridized carbons (Fsp3) is 0.308. The van der Waals surface area contributed by atoms with Gasteiger partial charge in [-0.2, -0.15) is 0 Å². The topological polar surface area (TPSA) is 34.1 Å². The van der Waals surface area contributed by atoms with E-state index in [4.69, 9.17) is 4.74 Å². The van der Waals surface area contributed by atoms with Crippen molar-refractivity contribution in [2.45, 2.75) is 19.5 Å². The third-order valence-corrected chi connectivity index (χ3v) is 3.60. The second-order valence-electron chi connectivity index (χ2n) is 3.79. The first kappa shape index (κ1) is 12.1. The zero-order chi connectivity index (χ0) is 12.1. The Morgan fingerprint density at radius 2 is 2.24 bits per heavy atom. The number of pyridine rings is 1. The molecule has 3 nitrogen and oxygen atoms in total. The van der Waals surface area contributed by atoms with E-state index in [2.05, 4.69) is 34.7 Å². The molecule has 0 aromatic carbocycles. The predicted octanol–water partition coefficient (Wildman–Crippen LogP) is 3.00. The minimum atomic E-state index is 0.350. The lowest BCUT2D eigenvalue weighted by Crippen LogP contribution is -2.17. The molecule has 2 rings (SSSR count). The van der Waals surface area contributed by atoms with Gasteiger partial charge < -0.3 is 10.1 Å². The van der Waals surface area contributed by atoms with E-state index in [9.17, 15) is 0 Å². The van der Waals surface area contributed by atoms with Gasteiger partial charge in [-0.25, -0.2) is 4.98 Å². The summed E-state index contributed by atoms with van der Waals surface area (Å²) in [5, 5.41) is 5.54. The van der Waals surface area contributed by atoms with Crippen molar-refractivity contribution in [1.82, 2.24) is 10.3 Å². The first-order valence-corrected chi connectivity index (χ1v) is 6.44. The second kappa shape index (κ2) is 5.80. The number of hydrogen-bond donors (Lipinski definition) is 1. The summed E-state index contributed by atoms with van der Waals surface area (Å²) >= 11 is 1.77. The van der Waals surface area contributed by atoms with Gasteiger partial charge in [0.25, 0.3) is 0 Å². The molecule has 0 bridgehead atoms. The molecule has 0 saturated heterocycles. The van der Waals surface area contributed by atoms with Crippen molar-refractivity contribution in [3.8, 4) is 5.88 Å². The Labute approximate surface area is 105 Å². The molecule has 1 N–H and O–H groups in total. The van der Waals surface area contributed by atoms with Gasteiger partial charge in [0.15, 0.2) is 0 Å². The maximum atomic E-state index is 5.10. The van der Waals surface area contributed by atoms with E-state index in [1.165, 1.54) is 4.88 Å². The molecule has 4 heteroatoms. The Hall–Kier alpha value is -1.39. The lowest BCUT2D eigenvalue weighted by Gasteiger charge is -2.11. The van der Waals surface area contributed by atoms with Gasteiger partial charge in [0.05, 0.1) is 12.8 Å². The maximum Gasteiger partial charge on any atom is 0.213 e. The van der Waals surface area contributed by atoms with E-state index in [0.717, 1.165) is 12.2 Å². The Bertz CT molecular complexity index is 456. The largest absolute Gasteiger partial charge is 0.481 e. The lowest BCUT2D eigenvalue weighted by molar-refractivity contribution is 0.395. The number of hydrogen-bond acceptors (Lipinski definition) is 4. The zero-order valence-electron chi connectivity index (χ0n) is 10.0. The maximum absolute atomic E-state index is 5.10. The summed E-state index contributed by atoms with van der Waals surface area (Å²) in [6, 6.07) is 10.4. The minimum absolute atomic E-state index is 0.350. The van der Waals surface area contributed by atoms with Crippen molar-refractivity contribution in [2.24, 2.45) is 0 Å². The molecule has 0 aliphatic rings. The average Bonchev–Trinajstić information content (AvgIpc) is 2.90. The number of methoxy groups -OCH3 is 1. The molecule has 0 amide bonds. The van der Waals surface area contributed by atoms with Crippen LogP contribution in [0.2, 0.25) is 0 Å². The molecule has 0 aliphatic carbocycles. The Balaban J connectivity index is 1.93. The monoisotopic (exact) mass is 248 g/mol. The van der Waals surface area contributed by atoms with Crippen LogP contribution >= 0.6 is 11.3 Å². The highest BCUT2D eigenvalue weighted by atomic mass is 32.1. The van der Waals surface area contributed by atoms with E-state index in [1.807, 2.05) is 18.2 Å². The van der Waals surface area contributed by atoms with Gasteiger partial charge in [-0.3, -0.25) is 0 Å². The molecule has 90 valence electrons. The standard InChI is InChI=1S/C13H16N2OS/c1-10(12-6-4-8-17-12)14-9-11-5-3-7-13(15-11)16-2/h3-8,10,14H,9H2,1-2H3. The number of rotatable bonds is 5. The van der Waals surface area contributed by atoms with Gasteiger partial charge in [0, 0.05) is 23.5 Å². The van der Waals surface area contributed by atoms with E-state index in [0.29, 0.717) is 11.9 Å². The van der Waals surface area contributed by atoms with Crippen LogP contribution in [-0.2, 0) is 6.54 Å². The van der Waals surface area contributed by atoms with E-state index in [-0.39, 0.29) is 0 Å². The van der Waals surface area contributed by atoms with Crippen LogP contribution in [0.15, 0.2) is 35.7 Å². The number of ether oxygens (including phenoxy) is 1. The molecule has 2 aromatic rings. The van der Waals surface area contributed by atoms with Gasteiger partial charge in [-0.1, -0.05) is 12.1 Å². The van der Waals surface area contributed by atoms with Crippen LogP contribution in [0.3, 0.4) is 0 Å². The van der Waals surface area contributed by atoms with Gasteiger partial charge in [-0.05, 0) is 24.4 Å². The first-order valence-electron chi connectivity index (χ1n) is 5.56. The van der Waals surface area contributed by atoms with Crippen LogP contribution in [0.1, 0.15) is 23.5 Å². The van der Waals surface area contributed by atoms with Crippen LogP contribution in [0.25, 0.3) is 0 Å². The first-order chi connectivity index (χ1) is 8.29. The van der Waals surface area contributed by atoms with Crippen LogP contribution < -0.4 is 10.1 Å². The normalized spacial score (nSPS) is 12.4. The molecular weight excluding hydrogens is 232 g/mol. The molecule has 0 fully saturated rings. The molecule has 2 aromatic heterocycles. The number of nitrogens with zero attached hydrogens (tertiary/aromatic N) is 1. The third kappa shape index (κ3) is 3.28. The zero-order valence-corrected chi connectivity index (χ0v) is 10.8. The average molecular weight is 248 g/mol. The summed E-state index contributed by atoms with van der Waals surface area (Å²) in [6.45, 7) is 2.91. The molecule has 0 aliphatic heterocycles. The fourth-order valence-electron chi connectivity index (χ4n) is 1.57. The molecule has 0 saturated carbocycles. The predicted molar refractivity (Wildman–Crippen MR) is 70.4 cm³/mol. The molecule has 17 heavy (non-hydrogen) atoms. The highest BCUT2D eigenvalue weighted by Crippen LogP contribution is 2.18. The minimum Gasteiger partial charge on any atom is -0.481 e. The summed E-state index contributed by atoms with van der Waals surface area (Å²) in [4.78, 5) is 5.70. The lowest BCUT2D eigenvalue weighted by atomic mass is 10.2. The molecule has 1 unspecified atom stereocenters. The number of thiophene rings is 1. The summed E-state index contributed by atoms with van der Waals surface area (Å²) in [5.41, 5.74) is 0.993. The highest BCUT2D eigenvalue weighted by Gasteiger charge is 2.06. The summed E-state index contributed by atoms with van der Waals surface area (Å²) < 4.78 is 5.10. The van der Waals surface area contributed by atoms with Crippen LogP contribution in [0.4, 0.5) is 0 Å². The van der Waals surface area contributed by atoms with Gasteiger partial charge in [0.2, 0.25) is 5.88 Å². The fourth-order valence-corrected chi connectivity index (χ4v) is 2.32. The quantitative estimate of drug-likeness (QED) is 0.883. The highest BCUT2D eigenvalue weighted by molar-refractivity contribution is 7.10. The smallest absolute Gasteiger partial charge is 0.213 e. The molecule has 0 radical (unpaired) electrons. The Morgan fingerprint density at radius 3 is 2.94 bits per heavy atom. The Morgan fingerprint density at radius 1 is 1.35 bits per heavy atom. The van der Waals surface area contributed by atoms with Crippen LogP contribution in [0, 0.1) is 0 Å². The van der Waals surface area contributed by atoms with Crippen molar-refractivity contribution >= 4 is 11.3 Å². The van der Waals surface area contributed by atoms with Crippen LogP contribution in [0.5, 0.6) is 5.88 Å². The Kier molecular flexibility index (Phi) is 4.12. The van der Waals surface area contributed by atoms with Crippen molar-refractivity contribution in [3.05, 3.63) is 46.3 Å². The van der Waals surface area contributed by atoms with Crippen LogP contribution in [-0.4, -0.2) is 12.1 Å². The van der Waals surface area contributed by atoms with Gasteiger partial charge >= 0.3 is 0 Å². The van der Waals surface area contributed by atoms with E-state index >= 15 is 0 Å². The molecule has 0 spiro atoms. The molecule has 2 heterocycles. The summed E-state index contributed by atoms with van der Waals surface area (Å²) in [5.74, 6) is 0.660. The van der Waals surface area contributed by atoms with Gasteiger partial charge in [-0.15, -0.1) is 11.3 Å². The van der Waals surface area contributed by atoms with Crippen molar-refractivity contribution < 1.29 is 4.74 Å². The second-order valence-corrected chi connectivity index (χ2v) is 4.77. The van der Waals surface area contributed by atoms with Crippen molar-refractivity contribution in [2.75, 3.05) is 7.11 Å². The van der Waals surface area contributed by atoms with Gasteiger partial charge in [0.1, 0.15) is 0 Å². The molecular formula is C13H16N2OS. The molecule has 1 atom stereocenters. The summed E-state index contributed by atoms with van der Waals surface area (Å²) in [6.07, 6.45) is 0. The third-order valence-electron chi connectivity index (χ3n) is 2.55.